The van der Waals surface area contributed by atoms with Gasteiger partial charge in [-0.2, -0.15) is 0 Å². The van der Waals surface area contributed by atoms with Crippen LogP contribution in [-0.4, -0.2) is 23.0 Å². The van der Waals surface area contributed by atoms with E-state index < -0.39 is 0 Å². The predicted molar refractivity (Wildman–Crippen MR) is 63.9 cm³/mol. The first-order valence-corrected chi connectivity index (χ1v) is 5.73. The molecule has 0 amide bonds. The SMILES string of the molecule is C#CCSCCNc1ccnc(Cl)c1. The fourth-order valence-electron chi connectivity index (χ4n) is 0.911. The zero-order valence-corrected chi connectivity index (χ0v) is 9.24. The quantitative estimate of drug-likeness (QED) is 0.475. The van der Waals surface area contributed by atoms with Crippen LogP contribution in [0.5, 0.6) is 0 Å². The fraction of sp³-hybridized carbons (Fsp3) is 0.300. The molecule has 0 aliphatic rings. The first-order valence-electron chi connectivity index (χ1n) is 4.19. The number of hydrogen-bond donors (Lipinski definition) is 1. The molecule has 0 radical (unpaired) electrons. The van der Waals surface area contributed by atoms with E-state index in [4.69, 9.17) is 18.0 Å². The smallest absolute Gasteiger partial charge is 0.131 e. The summed E-state index contributed by atoms with van der Waals surface area (Å²) in [6.45, 7) is 0.882. The number of aromatic nitrogens is 1. The minimum absolute atomic E-state index is 0.506. The molecule has 1 heterocycles. The second-order valence-electron chi connectivity index (χ2n) is 2.55. The molecular weight excluding hydrogens is 216 g/mol. The summed E-state index contributed by atoms with van der Waals surface area (Å²) in [5, 5.41) is 3.74. The third kappa shape index (κ3) is 4.40. The van der Waals surface area contributed by atoms with Crippen LogP contribution in [0.15, 0.2) is 18.3 Å². The molecule has 0 aliphatic heterocycles. The fourth-order valence-corrected chi connectivity index (χ4v) is 1.59. The Balaban J connectivity index is 2.22. The van der Waals surface area contributed by atoms with Crippen molar-refractivity contribution in [3.05, 3.63) is 23.5 Å². The Hall–Kier alpha value is -0.850. The Morgan fingerprint density at radius 2 is 2.50 bits per heavy atom. The molecule has 0 unspecified atom stereocenters. The number of nitrogens with one attached hydrogen (secondary N) is 1. The predicted octanol–water partition coefficient (Wildman–Crippen LogP) is 2.51. The maximum absolute atomic E-state index is 5.72. The van der Waals surface area contributed by atoms with Gasteiger partial charge in [0, 0.05) is 24.2 Å². The lowest BCUT2D eigenvalue weighted by Gasteiger charge is -2.04. The summed E-state index contributed by atoms with van der Waals surface area (Å²) in [5.41, 5.74) is 0.992. The van der Waals surface area contributed by atoms with Gasteiger partial charge in [0.1, 0.15) is 5.15 Å². The van der Waals surface area contributed by atoms with Crippen LogP contribution in [0.4, 0.5) is 5.69 Å². The molecular formula is C10H11ClN2S. The number of pyridine rings is 1. The van der Waals surface area contributed by atoms with E-state index in [1.54, 1.807) is 24.0 Å². The lowest BCUT2D eigenvalue weighted by atomic mass is 10.4. The van der Waals surface area contributed by atoms with Crippen molar-refractivity contribution in [1.29, 1.82) is 0 Å². The molecule has 1 aromatic heterocycles. The van der Waals surface area contributed by atoms with Gasteiger partial charge in [0.15, 0.2) is 0 Å². The van der Waals surface area contributed by atoms with E-state index >= 15 is 0 Å². The topological polar surface area (TPSA) is 24.9 Å². The summed E-state index contributed by atoms with van der Waals surface area (Å²) < 4.78 is 0. The molecule has 1 N–H and O–H groups in total. The number of thioether (sulfide) groups is 1. The van der Waals surface area contributed by atoms with Crippen molar-refractivity contribution in [3.8, 4) is 12.3 Å². The molecule has 0 atom stereocenters. The van der Waals surface area contributed by atoms with Gasteiger partial charge in [-0.05, 0) is 12.1 Å². The van der Waals surface area contributed by atoms with Gasteiger partial charge in [-0.15, -0.1) is 18.2 Å². The van der Waals surface area contributed by atoms with Crippen LogP contribution in [0.25, 0.3) is 0 Å². The van der Waals surface area contributed by atoms with Crippen molar-refractivity contribution in [1.82, 2.24) is 4.98 Å². The summed E-state index contributed by atoms with van der Waals surface area (Å²) in [7, 11) is 0. The van der Waals surface area contributed by atoms with E-state index in [0.29, 0.717) is 5.15 Å². The highest BCUT2D eigenvalue weighted by Gasteiger charge is 1.93. The van der Waals surface area contributed by atoms with Crippen molar-refractivity contribution in [3.63, 3.8) is 0 Å². The van der Waals surface area contributed by atoms with Crippen molar-refractivity contribution in [2.24, 2.45) is 0 Å². The van der Waals surface area contributed by atoms with Crippen molar-refractivity contribution in [2.75, 3.05) is 23.4 Å². The Bertz CT molecular complexity index is 322. The van der Waals surface area contributed by atoms with Crippen LogP contribution >= 0.6 is 23.4 Å². The van der Waals surface area contributed by atoms with Crippen molar-refractivity contribution < 1.29 is 0 Å². The molecule has 14 heavy (non-hydrogen) atoms. The zero-order valence-electron chi connectivity index (χ0n) is 7.66. The van der Waals surface area contributed by atoms with Crippen LogP contribution < -0.4 is 5.32 Å². The molecule has 0 saturated carbocycles. The van der Waals surface area contributed by atoms with Gasteiger partial charge >= 0.3 is 0 Å². The summed E-state index contributed by atoms with van der Waals surface area (Å²) in [6.07, 6.45) is 6.80. The van der Waals surface area contributed by atoms with E-state index in [9.17, 15) is 0 Å². The Labute approximate surface area is 93.5 Å². The molecule has 1 aromatic rings. The Morgan fingerprint density at radius 1 is 1.64 bits per heavy atom. The molecule has 0 aliphatic carbocycles. The second kappa shape index (κ2) is 6.58. The van der Waals surface area contributed by atoms with E-state index in [2.05, 4.69) is 16.2 Å². The Morgan fingerprint density at radius 3 is 3.21 bits per heavy atom. The van der Waals surface area contributed by atoms with E-state index in [1.165, 1.54) is 0 Å². The first-order chi connectivity index (χ1) is 6.83. The summed E-state index contributed by atoms with van der Waals surface area (Å²) in [6, 6.07) is 3.69. The van der Waals surface area contributed by atoms with Crippen LogP contribution in [0.1, 0.15) is 0 Å². The van der Waals surface area contributed by atoms with Crippen LogP contribution in [0.3, 0.4) is 0 Å². The average Bonchev–Trinajstić information content (AvgIpc) is 2.18. The van der Waals surface area contributed by atoms with Gasteiger partial charge < -0.3 is 5.32 Å². The molecule has 74 valence electrons. The van der Waals surface area contributed by atoms with Gasteiger partial charge in [-0.3, -0.25) is 0 Å². The minimum atomic E-state index is 0.506. The molecule has 0 bridgehead atoms. The van der Waals surface area contributed by atoms with E-state index in [-0.39, 0.29) is 0 Å². The maximum atomic E-state index is 5.72. The number of rotatable bonds is 5. The number of terminal acetylenes is 1. The highest BCUT2D eigenvalue weighted by Crippen LogP contribution is 2.11. The minimum Gasteiger partial charge on any atom is -0.384 e. The number of halogens is 1. The molecule has 2 nitrogen and oxygen atoms in total. The molecule has 1 rings (SSSR count). The van der Waals surface area contributed by atoms with E-state index in [1.807, 2.05) is 6.07 Å². The lowest BCUT2D eigenvalue weighted by Crippen LogP contribution is -2.04. The normalized spacial score (nSPS) is 9.43. The number of anilines is 1. The first kappa shape index (κ1) is 11.2. The maximum Gasteiger partial charge on any atom is 0.131 e. The second-order valence-corrected chi connectivity index (χ2v) is 4.04. The number of hydrogen-bond acceptors (Lipinski definition) is 3. The standard InChI is InChI=1S/C10H11ClN2S/c1-2-6-14-7-5-12-9-3-4-13-10(11)8-9/h1,3-4,8H,5-7H2,(H,12,13). The van der Waals surface area contributed by atoms with Crippen LogP contribution in [0, 0.1) is 12.3 Å². The third-order valence-corrected chi connectivity index (χ3v) is 2.56. The largest absolute Gasteiger partial charge is 0.384 e. The summed E-state index contributed by atoms with van der Waals surface area (Å²) in [4.78, 5) is 3.89. The third-order valence-electron chi connectivity index (χ3n) is 1.49. The summed E-state index contributed by atoms with van der Waals surface area (Å²) in [5.74, 6) is 4.33. The van der Waals surface area contributed by atoms with Crippen molar-refractivity contribution in [2.45, 2.75) is 0 Å². The number of nitrogens with zero attached hydrogens (tertiary/aromatic N) is 1. The van der Waals surface area contributed by atoms with Gasteiger partial charge in [0.05, 0.1) is 5.75 Å². The highest BCUT2D eigenvalue weighted by atomic mass is 35.5. The van der Waals surface area contributed by atoms with E-state index in [0.717, 1.165) is 23.7 Å². The average molecular weight is 227 g/mol. The molecule has 0 fully saturated rings. The lowest BCUT2D eigenvalue weighted by molar-refractivity contribution is 1.21. The highest BCUT2D eigenvalue weighted by molar-refractivity contribution is 7.99. The Kier molecular flexibility index (Phi) is 5.28. The van der Waals surface area contributed by atoms with Crippen molar-refractivity contribution >= 4 is 29.1 Å². The zero-order chi connectivity index (χ0) is 10.2. The van der Waals surface area contributed by atoms with Crippen LogP contribution in [0.2, 0.25) is 5.15 Å². The van der Waals surface area contributed by atoms with Gasteiger partial charge in [-0.1, -0.05) is 17.5 Å². The molecule has 0 saturated heterocycles. The monoisotopic (exact) mass is 226 g/mol. The van der Waals surface area contributed by atoms with Crippen LogP contribution in [-0.2, 0) is 0 Å². The molecule has 0 aromatic carbocycles. The summed E-state index contributed by atoms with van der Waals surface area (Å²) >= 11 is 7.45. The molecule has 4 heteroatoms. The van der Waals surface area contributed by atoms with Gasteiger partial charge in [-0.25, -0.2) is 4.98 Å². The molecule has 0 spiro atoms. The van der Waals surface area contributed by atoms with Gasteiger partial charge in [0.2, 0.25) is 0 Å². The van der Waals surface area contributed by atoms with Gasteiger partial charge in [0.25, 0.3) is 0 Å².